The molecule has 0 radical (unpaired) electrons. The van der Waals surface area contributed by atoms with Gasteiger partial charge in [-0.3, -0.25) is 10.1 Å². The molecule has 4 rings (SSSR count). The van der Waals surface area contributed by atoms with E-state index >= 15 is 0 Å². The number of aromatic nitrogens is 3. The van der Waals surface area contributed by atoms with Crippen molar-refractivity contribution in [2.75, 3.05) is 37.5 Å². The van der Waals surface area contributed by atoms with E-state index in [2.05, 4.69) is 15.3 Å². The van der Waals surface area contributed by atoms with Crippen molar-refractivity contribution in [3.8, 4) is 0 Å². The van der Waals surface area contributed by atoms with Crippen LogP contribution in [0.15, 0.2) is 30.3 Å². The van der Waals surface area contributed by atoms with Gasteiger partial charge in [0, 0.05) is 33.9 Å². The number of nitrogens with zero attached hydrogens (tertiary/aromatic N) is 4. The van der Waals surface area contributed by atoms with Gasteiger partial charge in [-0.1, -0.05) is 23.5 Å². The van der Waals surface area contributed by atoms with Gasteiger partial charge in [0.15, 0.2) is 5.13 Å². The molecule has 0 fully saturated rings. The number of hydrogen-bond acceptors (Lipinski definition) is 7. The van der Waals surface area contributed by atoms with Crippen LogP contribution < -0.4 is 10.2 Å². The second kappa shape index (κ2) is 8.48. The van der Waals surface area contributed by atoms with Crippen molar-refractivity contribution in [2.24, 2.45) is 0 Å². The van der Waals surface area contributed by atoms with Crippen LogP contribution in [0.25, 0.3) is 20.6 Å². The second-order valence-electron chi connectivity index (χ2n) is 6.75. The van der Waals surface area contributed by atoms with Gasteiger partial charge in [-0.15, -0.1) is 11.3 Å². The van der Waals surface area contributed by atoms with Gasteiger partial charge in [0.25, 0.3) is 5.91 Å². The molecule has 4 aromatic rings. The lowest BCUT2D eigenvalue weighted by atomic mass is 10.3. The number of carbonyl (C=O) groups excluding carboxylic acids is 1. The first-order valence-corrected chi connectivity index (χ1v) is 11.1. The van der Waals surface area contributed by atoms with E-state index in [1.165, 1.54) is 11.3 Å². The third-order valence-electron chi connectivity index (χ3n) is 4.44. The summed E-state index contributed by atoms with van der Waals surface area (Å²) in [5, 5.41) is 3.93. The van der Waals surface area contributed by atoms with Crippen molar-refractivity contribution in [2.45, 2.75) is 19.9 Å². The number of thiazole rings is 1. The topological polar surface area (TPSA) is 72.3 Å². The lowest BCUT2D eigenvalue weighted by molar-refractivity contribution is 0.102. The molecule has 29 heavy (non-hydrogen) atoms. The first-order chi connectivity index (χ1) is 14.1. The van der Waals surface area contributed by atoms with E-state index in [9.17, 15) is 4.79 Å². The highest BCUT2D eigenvalue weighted by Gasteiger charge is 2.18. The van der Waals surface area contributed by atoms with Gasteiger partial charge in [0.05, 0.1) is 20.6 Å². The Kier molecular flexibility index (Phi) is 5.79. The van der Waals surface area contributed by atoms with Gasteiger partial charge in [-0.25, -0.2) is 9.97 Å². The molecule has 1 aromatic carbocycles. The van der Waals surface area contributed by atoms with E-state index in [1.54, 1.807) is 11.3 Å². The number of imidazole rings is 1. The Bertz CT molecular complexity index is 1110. The van der Waals surface area contributed by atoms with Gasteiger partial charge < -0.3 is 14.2 Å². The highest BCUT2D eigenvalue weighted by molar-refractivity contribution is 7.29. The van der Waals surface area contributed by atoms with Gasteiger partial charge in [0.1, 0.15) is 4.83 Å². The van der Waals surface area contributed by atoms with Crippen molar-refractivity contribution >= 4 is 60.2 Å². The van der Waals surface area contributed by atoms with Crippen LogP contribution in [0.1, 0.15) is 23.0 Å². The molecule has 0 atom stereocenters. The number of fused-ring (bicyclic) bond motifs is 2. The fourth-order valence-electron chi connectivity index (χ4n) is 3.06. The van der Waals surface area contributed by atoms with Gasteiger partial charge >= 0.3 is 0 Å². The summed E-state index contributed by atoms with van der Waals surface area (Å²) < 4.78 is 8.53. The minimum absolute atomic E-state index is 0.159. The number of carbonyl (C=O) groups is 1. The molecule has 9 heteroatoms. The third-order valence-corrected chi connectivity index (χ3v) is 6.77. The summed E-state index contributed by atoms with van der Waals surface area (Å²) in [5.41, 5.74) is 1.87. The molecular formula is C20H23N5O2S2. The summed E-state index contributed by atoms with van der Waals surface area (Å²) >= 11 is 2.99. The molecule has 3 heterocycles. The standard InChI is InChI=1S/C20H23N5O2S2/c1-4-27-11-7-10-25-14-9-6-5-8-13(14)21-19(25)22-17(26)15-12-16-18(28-15)23-20(29-16)24(2)3/h5-6,8-9,12H,4,7,10-11H2,1-3H3,(H,21,22,26). The van der Waals surface area contributed by atoms with Crippen LogP contribution in [0.2, 0.25) is 0 Å². The first kappa shape index (κ1) is 19.8. The quantitative estimate of drug-likeness (QED) is 0.419. The molecule has 152 valence electrons. The summed E-state index contributed by atoms with van der Waals surface area (Å²) in [5.74, 6) is 0.402. The summed E-state index contributed by atoms with van der Waals surface area (Å²) in [6.45, 7) is 4.09. The Morgan fingerprint density at radius 1 is 1.24 bits per heavy atom. The summed E-state index contributed by atoms with van der Waals surface area (Å²) in [6.07, 6.45) is 0.850. The Balaban J connectivity index is 1.57. The van der Waals surface area contributed by atoms with Crippen molar-refractivity contribution in [3.05, 3.63) is 35.2 Å². The number of para-hydroxylation sites is 2. The average molecular weight is 430 g/mol. The minimum Gasteiger partial charge on any atom is -0.382 e. The average Bonchev–Trinajstić information content (AvgIpc) is 3.37. The number of hydrogen-bond donors (Lipinski definition) is 1. The van der Waals surface area contributed by atoms with E-state index in [0.717, 1.165) is 38.7 Å². The maximum atomic E-state index is 12.9. The van der Waals surface area contributed by atoms with E-state index in [4.69, 9.17) is 4.74 Å². The summed E-state index contributed by atoms with van der Waals surface area (Å²) in [6, 6.07) is 9.81. The number of rotatable bonds is 8. The molecule has 0 aliphatic carbocycles. The number of amides is 1. The van der Waals surface area contributed by atoms with Gasteiger partial charge in [0.2, 0.25) is 5.95 Å². The van der Waals surface area contributed by atoms with E-state index < -0.39 is 0 Å². The smallest absolute Gasteiger partial charge is 0.268 e. The van der Waals surface area contributed by atoms with Crippen molar-refractivity contribution in [1.29, 1.82) is 0 Å². The number of ether oxygens (including phenoxy) is 1. The summed E-state index contributed by atoms with van der Waals surface area (Å²) in [4.78, 5) is 25.6. The molecule has 7 nitrogen and oxygen atoms in total. The fourth-order valence-corrected chi connectivity index (χ4v) is 5.09. The summed E-state index contributed by atoms with van der Waals surface area (Å²) in [7, 11) is 3.93. The molecule has 0 bridgehead atoms. The maximum Gasteiger partial charge on any atom is 0.268 e. The SMILES string of the molecule is CCOCCCn1c(NC(=O)c2cc3sc(N(C)C)nc3s2)nc2ccccc21. The molecule has 0 unspecified atom stereocenters. The Hall–Kier alpha value is -2.49. The maximum absolute atomic E-state index is 12.9. The number of aryl methyl sites for hydroxylation is 1. The number of benzene rings is 1. The van der Waals surface area contributed by atoms with Crippen LogP contribution in [0.4, 0.5) is 11.1 Å². The monoisotopic (exact) mass is 429 g/mol. The van der Waals surface area contributed by atoms with Crippen LogP contribution in [-0.2, 0) is 11.3 Å². The molecule has 0 aliphatic rings. The zero-order chi connectivity index (χ0) is 20.4. The first-order valence-electron chi connectivity index (χ1n) is 9.49. The van der Waals surface area contributed by atoms with E-state index in [-0.39, 0.29) is 5.91 Å². The van der Waals surface area contributed by atoms with E-state index in [0.29, 0.717) is 24.0 Å². The lowest BCUT2D eigenvalue weighted by Crippen LogP contribution is -2.15. The third kappa shape index (κ3) is 4.12. The molecule has 0 saturated heterocycles. The van der Waals surface area contributed by atoms with Crippen molar-refractivity contribution in [1.82, 2.24) is 14.5 Å². The Morgan fingerprint density at radius 2 is 2.07 bits per heavy atom. The molecule has 1 N–H and O–H groups in total. The minimum atomic E-state index is -0.159. The second-order valence-corrected chi connectivity index (χ2v) is 8.79. The molecule has 0 saturated carbocycles. The zero-order valence-electron chi connectivity index (χ0n) is 16.6. The fraction of sp³-hybridized carbons (Fsp3) is 0.350. The van der Waals surface area contributed by atoms with Crippen LogP contribution >= 0.6 is 22.7 Å². The molecule has 0 aliphatic heterocycles. The van der Waals surface area contributed by atoms with Crippen LogP contribution in [-0.4, -0.2) is 47.8 Å². The molecular weight excluding hydrogens is 406 g/mol. The van der Waals surface area contributed by atoms with Crippen LogP contribution in [0.5, 0.6) is 0 Å². The lowest BCUT2D eigenvalue weighted by Gasteiger charge is -2.10. The van der Waals surface area contributed by atoms with Crippen LogP contribution in [0, 0.1) is 0 Å². The Labute approximate surface area is 176 Å². The van der Waals surface area contributed by atoms with E-state index in [1.807, 2.05) is 60.8 Å². The number of nitrogens with one attached hydrogen (secondary N) is 1. The highest BCUT2D eigenvalue weighted by Crippen LogP contribution is 2.34. The molecule has 0 spiro atoms. The molecule has 3 aromatic heterocycles. The van der Waals surface area contributed by atoms with Gasteiger partial charge in [-0.2, -0.15) is 0 Å². The van der Waals surface area contributed by atoms with Gasteiger partial charge in [-0.05, 0) is 31.5 Å². The zero-order valence-corrected chi connectivity index (χ0v) is 18.3. The normalized spacial score (nSPS) is 11.4. The predicted octanol–water partition coefficient (Wildman–Crippen LogP) is 4.45. The largest absolute Gasteiger partial charge is 0.382 e. The number of anilines is 2. The van der Waals surface area contributed by atoms with Crippen LogP contribution in [0.3, 0.4) is 0 Å². The molecule has 1 amide bonds. The highest BCUT2D eigenvalue weighted by atomic mass is 32.1. The van der Waals surface area contributed by atoms with Crippen molar-refractivity contribution < 1.29 is 9.53 Å². The Morgan fingerprint density at radius 3 is 2.83 bits per heavy atom. The predicted molar refractivity (Wildman–Crippen MR) is 121 cm³/mol. The van der Waals surface area contributed by atoms with Crippen molar-refractivity contribution in [3.63, 3.8) is 0 Å². The number of thiophene rings is 1.